The van der Waals surface area contributed by atoms with Gasteiger partial charge < -0.3 is 0 Å². The molecule has 1 aromatic heterocycles. The van der Waals surface area contributed by atoms with Crippen molar-refractivity contribution in [3.05, 3.63) is 77.4 Å². The monoisotopic (exact) mass is 568 g/mol. The lowest BCUT2D eigenvalue weighted by Crippen LogP contribution is -2.37. The summed E-state index contributed by atoms with van der Waals surface area (Å²) in [4.78, 5) is 2.18. The molecular formula is C20H16ClF3N2O6S3. The molecule has 0 aliphatic heterocycles. The molecule has 1 heterocycles. The number of aromatic nitrogens is 1. The van der Waals surface area contributed by atoms with Crippen LogP contribution in [0.3, 0.4) is 0 Å². The van der Waals surface area contributed by atoms with Gasteiger partial charge in [0.2, 0.25) is 19.7 Å². The van der Waals surface area contributed by atoms with Gasteiger partial charge in [0, 0.05) is 17.3 Å². The van der Waals surface area contributed by atoms with E-state index in [-0.39, 0.29) is 15.5 Å². The van der Waals surface area contributed by atoms with Gasteiger partial charge in [-0.25, -0.2) is 35.0 Å². The second-order valence-electron chi connectivity index (χ2n) is 7.12. The molecule has 35 heavy (non-hydrogen) atoms. The fourth-order valence-electron chi connectivity index (χ4n) is 2.96. The molecule has 1 N–H and O–H groups in total. The normalized spacial score (nSPS) is 14.0. The van der Waals surface area contributed by atoms with Crippen LogP contribution >= 0.6 is 11.6 Å². The quantitative estimate of drug-likeness (QED) is 0.458. The number of alkyl halides is 3. The summed E-state index contributed by atoms with van der Waals surface area (Å²) >= 11 is 5.93. The summed E-state index contributed by atoms with van der Waals surface area (Å²) in [5.41, 5.74) is -5.48. The standard InChI is InChI=1S/C20H16ClF3N2O6S3/c1-13(26-35(31,32)20(22,23)24)14-5-8-16(9-6-14)33(27,28)17-10-7-15(21)12-18(17)34(29,30)19-4-2-3-11-25-19/h2-13,26H,1H3/t13-/m0/s1. The first-order valence-electron chi connectivity index (χ1n) is 9.47. The second-order valence-corrected chi connectivity index (χ2v) is 13.0. The van der Waals surface area contributed by atoms with E-state index in [0.29, 0.717) is 0 Å². The van der Waals surface area contributed by atoms with Crippen LogP contribution < -0.4 is 4.72 Å². The van der Waals surface area contributed by atoms with E-state index in [1.54, 1.807) is 0 Å². The summed E-state index contributed by atoms with van der Waals surface area (Å²) in [6, 6.07) is 10.2. The Hall–Kier alpha value is -2.52. The van der Waals surface area contributed by atoms with Crippen molar-refractivity contribution >= 4 is 41.3 Å². The van der Waals surface area contributed by atoms with Crippen molar-refractivity contribution in [2.24, 2.45) is 0 Å². The maximum atomic E-state index is 13.3. The van der Waals surface area contributed by atoms with E-state index < -0.39 is 56.1 Å². The third-order valence-electron chi connectivity index (χ3n) is 4.72. The van der Waals surface area contributed by atoms with Gasteiger partial charge in [0.05, 0.1) is 14.7 Å². The molecule has 0 amide bonds. The van der Waals surface area contributed by atoms with Crippen molar-refractivity contribution in [1.82, 2.24) is 9.71 Å². The Bertz CT molecular complexity index is 1560. The van der Waals surface area contributed by atoms with Gasteiger partial charge in [0.1, 0.15) is 0 Å². The molecule has 3 rings (SSSR count). The van der Waals surface area contributed by atoms with Gasteiger partial charge in [-0.1, -0.05) is 29.8 Å². The van der Waals surface area contributed by atoms with Crippen molar-refractivity contribution < 1.29 is 38.4 Å². The van der Waals surface area contributed by atoms with E-state index in [9.17, 15) is 38.4 Å². The SMILES string of the molecule is C[C@H](NS(=O)(=O)C(F)(F)F)c1ccc(S(=O)(=O)c2ccc(Cl)cc2S(=O)(=O)c2ccccn2)cc1. The Balaban J connectivity index is 2.03. The van der Waals surface area contributed by atoms with Crippen LogP contribution in [0.4, 0.5) is 13.2 Å². The van der Waals surface area contributed by atoms with Crippen molar-refractivity contribution in [2.75, 3.05) is 0 Å². The molecule has 188 valence electrons. The zero-order valence-electron chi connectivity index (χ0n) is 17.6. The third kappa shape index (κ3) is 5.51. The fourth-order valence-corrected chi connectivity index (χ4v) is 7.21. The highest BCUT2D eigenvalue weighted by Crippen LogP contribution is 2.33. The number of nitrogens with one attached hydrogen (secondary N) is 1. The van der Waals surface area contributed by atoms with E-state index in [1.807, 2.05) is 0 Å². The van der Waals surface area contributed by atoms with E-state index in [4.69, 9.17) is 11.6 Å². The average Bonchev–Trinajstić information content (AvgIpc) is 2.78. The van der Waals surface area contributed by atoms with Crippen LogP contribution in [0.1, 0.15) is 18.5 Å². The zero-order valence-corrected chi connectivity index (χ0v) is 20.8. The van der Waals surface area contributed by atoms with Crippen LogP contribution in [0.2, 0.25) is 5.02 Å². The molecule has 0 saturated carbocycles. The van der Waals surface area contributed by atoms with E-state index in [1.165, 1.54) is 35.2 Å². The van der Waals surface area contributed by atoms with Crippen molar-refractivity contribution in [2.45, 2.75) is 38.2 Å². The lowest BCUT2D eigenvalue weighted by Gasteiger charge is -2.17. The maximum Gasteiger partial charge on any atom is 0.511 e. The summed E-state index contributed by atoms with van der Waals surface area (Å²) in [6.07, 6.45) is 1.22. The fraction of sp³-hybridized carbons (Fsp3) is 0.150. The summed E-state index contributed by atoms with van der Waals surface area (Å²) in [6.45, 7) is 1.14. The van der Waals surface area contributed by atoms with Crippen LogP contribution in [0.5, 0.6) is 0 Å². The molecule has 0 radical (unpaired) electrons. The van der Waals surface area contributed by atoms with Gasteiger partial charge in [-0.05, 0) is 55.0 Å². The lowest BCUT2D eigenvalue weighted by molar-refractivity contribution is -0.0450. The van der Waals surface area contributed by atoms with Gasteiger partial charge in [-0.3, -0.25) is 0 Å². The predicted octanol–water partition coefficient (Wildman–Crippen LogP) is 3.90. The highest BCUT2D eigenvalue weighted by atomic mass is 35.5. The lowest BCUT2D eigenvalue weighted by atomic mass is 10.1. The smallest absolute Gasteiger partial charge is 0.244 e. The average molecular weight is 569 g/mol. The second kappa shape index (κ2) is 9.50. The van der Waals surface area contributed by atoms with Crippen LogP contribution in [0.15, 0.2) is 86.6 Å². The molecule has 1 atom stereocenters. The molecule has 3 aromatic rings. The topological polar surface area (TPSA) is 127 Å². The number of sulfone groups is 2. The van der Waals surface area contributed by atoms with Gasteiger partial charge in [-0.2, -0.15) is 13.2 Å². The number of halogens is 4. The molecule has 0 spiro atoms. The summed E-state index contributed by atoms with van der Waals surface area (Å²) < 4.78 is 115. The van der Waals surface area contributed by atoms with E-state index >= 15 is 0 Å². The number of rotatable bonds is 7. The first-order valence-corrected chi connectivity index (χ1v) is 14.3. The molecule has 0 fully saturated rings. The molecule has 0 unspecified atom stereocenters. The van der Waals surface area contributed by atoms with Gasteiger partial charge in [0.25, 0.3) is 0 Å². The minimum Gasteiger partial charge on any atom is -0.244 e. The Labute approximate surface area is 204 Å². The maximum absolute atomic E-state index is 13.3. The van der Waals surface area contributed by atoms with Crippen molar-refractivity contribution in [1.29, 1.82) is 0 Å². The molecular weight excluding hydrogens is 553 g/mol. The molecule has 8 nitrogen and oxygen atoms in total. The van der Waals surface area contributed by atoms with Gasteiger partial charge in [0.15, 0.2) is 5.03 Å². The number of sulfonamides is 1. The Morgan fingerprint density at radius 3 is 2.03 bits per heavy atom. The first-order chi connectivity index (χ1) is 16.1. The minimum atomic E-state index is -5.63. The van der Waals surface area contributed by atoms with Crippen molar-refractivity contribution in [3.63, 3.8) is 0 Å². The molecule has 0 aliphatic rings. The molecule has 2 aromatic carbocycles. The van der Waals surface area contributed by atoms with Crippen LogP contribution in [-0.4, -0.2) is 35.7 Å². The third-order valence-corrected chi connectivity index (χ3v) is 9.90. The summed E-state index contributed by atoms with van der Waals surface area (Å²) in [5.74, 6) is 0. The van der Waals surface area contributed by atoms with Crippen LogP contribution in [0, 0.1) is 0 Å². The Morgan fingerprint density at radius 2 is 1.49 bits per heavy atom. The first kappa shape index (κ1) is 27.1. The molecule has 0 aliphatic carbocycles. The summed E-state index contributed by atoms with van der Waals surface area (Å²) in [7, 11) is -14.5. The van der Waals surface area contributed by atoms with Crippen LogP contribution in [0.25, 0.3) is 0 Å². The highest BCUT2D eigenvalue weighted by molar-refractivity contribution is 7.94. The van der Waals surface area contributed by atoms with Crippen LogP contribution in [-0.2, 0) is 29.7 Å². The number of hydrogen-bond donors (Lipinski definition) is 1. The number of pyridine rings is 1. The Morgan fingerprint density at radius 1 is 0.857 bits per heavy atom. The molecule has 0 saturated heterocycles. The van der Waals surface area contributed by atoms with Gasteiger partial charge >= 0.3 is 15.5 Å². The van der Waals surface area contributed by atoms with E-state index in [0.717, 1.165) is 43.3 Å². The predicted molar refractivity (Wildman–Crippen MR) is 120 cm³/mol. The molecule has 15 heteroatoms. The van der Waals surface area contributed by atoms with Gasteiger partial charge in [-0.15, -0.1) is 0 Å². The Kier molecular flexibility index (Phi) is 7.35. The molecule has 0 bridgehead atoms. The largest absolute Gasteiger partial charge is 0.511 e. The summed E-state index contributed by atoms with van der Waals surface area (Å²) in [5, 5.41) is -0.445. The number of benzene rings is 2. The number of hydrogen-bond acceptors (Lipinski definition) is 7. The van der Waals surface area contributed by atoms with Crippen molar-refractivity contribution in [3.8, 4) is 0 Å². The minimum absolute atomic E-state index is 0.0363. The number of nitrogens with zero attached hydrogens (tertiary/aromatic N) is 1. The van der Waals surface area contributed by atoms with E-state index in [2.05, 4.69) is 4.98 Å². The highest BCUT2D eigenvalue weighted by Gasteiger charge is 2.46. The zero-order chi connectivity index (χ0) is 26.2.